The van der Waals surface area contributed by atoms with Gasteiger partial charge in [-0.05, 0) is 66.5 Å². The summed E-state index contributed by atoms with van der Waals surface area (Å²) in [5.74, 6) is 0.398. The second-order valence-electron chi connectivity index (χ2n) is 8.13. The molecule has 2 nitrogen and oxygen atoms in total. The number of piperidine rings is 1. The number of hydrogen-bond donors (Lipinski definition) is 0. The van der Waals surface area contributed by atoms with Gasteiger partial charge in [0.2, 0.25) is 0 Å². The van der Waals surface area contributed by atoms with Crippen molar-refractivity contribution in [2.45, 2.75) is 57.9 Å². The lowest BCUT2D eigenvalue weighted by Gasteiger charge is -2.34. The van der Waals surface area contributed by atoms with E-state index < -0.39 is 0 Å². The molecule has 3 heteroatoms. The fraction of sp³-hybridized carbons (Fsp3) is 0.440. The van der Waals surface area contributed by atoms with Crippen molar-refractivity contribution < 1.29 is 4.39 Å². The molecule has 1 aliphatic heterocycles. The van der Waals surface area contributed by atoms with Gasteiger partial charge in [-0.3, -0.25) is 0 Å². The third-order valence-corrected chi connectivity index (χ3v) is 6.21. The van der Waals surface area contributed by atoms with Crippen LogP contribution in [-0.4, -0.2) is 17.7 Å². The first kappa shape index (κ1) is 19.0. The van der Waals surface area contributed by atoms with Gasteiger partial charge in [0.15, 0.2) is 0 Å². The molecule has 1 fully saturated rings. The Hall–Kier alpha value is -2.29. The monoisotopic (exact) mass is 378 g/mol. The second-order valence-corrected chi connectivity index (χ2v) is 8.13. The highest BCUT2D eigenvalue weighted by Crippen LogP contribution is 2.32. The van der Waals surface area contributed by atoms with Crippen LogP contribution in [0.4, 0.5) is 10.1 Å². The van der Waals surface area contributed by atoms with E-state index in [1.165, 1.54) is 47.8 Å². The number of hydrogen-bond acceptors (Lipinski definition) is 1. The minimum Gasteiger partial charge on any atom is -0.371 e. The van der Waals surface area contributed by atoms with Crippen LogP contribution in [0.3, 0.4) is 0 Å². The van der Waals surface area contributed by atoms with Gasteiger partial charge in [0, 0.05) is 31.5 Å². The van der Waals surface area contributed by atoms with E-state index in [0.29, 0.717) is 5.92 Å². The van der Waals surface area contributed by atoms with Crippen molar-refractivity contribution in [3.05, 3.63) is 66.1 Å². The fourth-order valence-electron chi connectivity index (χ4n) is 4.48. The van der Waals surface area contributed by atoms with Gasteiger partial charge in [-0.2, -0.15) is 0 Å². The Morgan fingerprint density at radius 3 is 2.46 bits per heavy atom. The maximum atomic E-state index is 13.2. The number of aryl methyl sites for hydroxylation is 1. The molecule has 0 atom stereocenters. The zero-order valence-electron chi connectivity index (χ0n) is 16.9. The van der Waals surface area contributed by atoms with Crippen molar-refractivity contribution in [3.8, 4) is 0 Å². The molecule has 0 radical (unpaired) electrons. The summed E-state index contributed by atoms with van der Waals surface area (Å²) in [6.45, 7) is 5.49. The smallest absolute Gasteiger partial charge is 0.123 e. The van der Waals surface area contributed by atoms with Gasteiger partial charge in [0.05, 0.1) is 5.52 Å². The third kappa shape index (κ3) is 4.24. The molecule has 0 amide bonds. The molecule has 1 aromatic heterocycles. The Morgan fingerprint density at radius 1 is 0.929 bits per heavy atom. The zero-order valence-corrected chi connectivity index (χ0v) is 16.9. The summed E-state index contributed by atoms with van der Waals surface area (Å²) in [7, 11) is 0. The largest absolute Gasteiger partial charge is 0.371 e. The Bertz CT molecular complexity index is 889. The number of unbranched alkanes of at least 4 members (excludes halogenated alkanes) is 3. The van der Waals surface area contributed by atoms with Crippen molar-refractivity contribution in [2.75, 3.05) is 18.0 Å². The Kier molecular flexibility index (Phi) is 5.99. The van der Waals surface area contributed by atoms with Crippen LogP contribution in [0.2, 0.25) is 0 Å². The van der Waals surface area contributed by atoms with E-state index in [-0.39, 0.29) is 5.82 Å². The van der Waals surface area contributed by atoms with Crippen molar-refractivity contribution in [1.29, 1.82) is 0 Å². The third-order valence-electron chi connectivity index (χ3n) is 6.21. The van der Waals surface area contributed by atoms with E-state index in [9.17, 15) is 4.39 Å². The fourth-order valence-corrected chi connectivity index (χ4v) is 4.48. The van der Waals surface area contributed by atoms with E-state index in [4.69, 9.17) is 0 Å². The second kappa shape index (κ2) is 8.81. The molecule has 0 aliphatic carbocycles. The molecule has 3 aromatic rings. The summed E-state index contributed by atoms with van der Waals surface area (Å²) in [5.41, 5.74) is 3.96. The average molecular weight is 379 g/mol. The molecule has 2 aromatic carbocycles. The number of rotatable bonds is 7. The normalized spacial score (nSPS) is 15.4. The Balaban J connectivity index is 1.42. The van der Waals surface area contributed by atoms with Crippen LogP contribution in [0.1, 0.15) is 56.9 Å². The molecule has 1 saturated heterocycles. The van der Waals surface area contributed by atoms with Crippen LogP contribution in [0.15, 0.2) is 54.7 Å². The standard InChI is InChI=1S/C25H31FN2/c1-2-3-4-5-15-28-18-14-22-8-11-24(19-25(22)28)27-16-12-21(13-17-27)20-6-9-23(26)10-7-20/h6-11,14,18-19,21H,2-5,12-13,15-17H2,1H3. The minimum atomic E-state index is -0.146. The van der Waals surface area contributed by atoms with Crippen LogP contribution in [-0.2, 0) is 6.54 Å². The van der Waals surface area contributed by atoms with Gasteiger partial charge in [-0.15, -0.1) is 0 Å². The molecular weight excluding hydrogens is 347 g/mol. The number of fused-ring (bicyclic) bond motifs is 1. The summed E-state index contributed by atoms with van der Waals surface area (Å²) in [6.07, 6.45) is 9.67. The highest BCUT2D eigenvalue weighted by atomic mass is 19.1. The number of halogens is 1. The Morgan fingerprint density at radius 2 is 1.71 bits per heavy atom. The van der Waals surface area contributed by atoms with Gasteiger partial charge in [0.25, 0.3) is 0 Å². The van der Waals surface area contributed by atoms with Crippen molar-refractivity contribution in [3.63, 3.8) is 0 Å². The first-order valence-electron chi connectivity index (χ1n) is 10.8. The number of nitrogens with zero attached hydrogens (tertiary/aromatic N) is 2. The minimum absolute atomic E-state index is 0.146. The van der Waals surface area contributed by atoms with Crippen molar-refractivity contribution in [2.24, 2.45) is 0 Å². The van der Waals surface area contributed by atoms with Crippen LogP contribution in [0, 0.1) is 5.82 Å². The summed E-state index contributed by atoms with van der Waals surface area (Å²) >= 11 is 0. The summed E-state index contributed by atoms with van der Waals surface area (Å²) in [4.78, 5) is 2.51. The number of benzene rings is 2. The lowest BCUT2D eigenvalue weighted by Crippen LogP contribution is -2.32. The lowest BCUT2D eigenvalue weighted by molar-refractivity contribution is 0.504. The zero-order chi connectivity index (χ0) is 19.3. The summed E-state index contributed by atoms with van der Waals surface area (Å²) in [5, 5.41) is 1.33. The Labute approximate surface area is 168 Å². The topological polar surface area (TPSA) is 8.17 Å². The predicted molar refractivity (Wildman–Crippen MR) is 117 cm³/mol. The van der Waals surface area contributed by atoms with Gasteiger partial charge in [-0.25, -0.2) is 4.39 Å². The van der Waals surface area contributed by atoms with Crippen LogP contribution in [0.25, 0.3) is 10.9 Å². The predicted octanol–water partition coefficient (Wildman–Crippen LogP) is 6.74. The first-order chi connectivity index (χ1) is 13.7. The maximum absolute atomic E-state index is 13.2. The quantitative estimate of drug-likeness (QED) is 0.413. The lowest BCUT2D eigenvalue weighted by atomic mass is 9.89. The molecule has 4 rings (SSSR count). The summed E-state index contributed by atoms with van der Waals surface area (Å²) in [6, 6.07) is 16.2. The van der Waals surface area contributed by atoms with Crippen LogP contribution in [0.5, 0.6) is 0 Å². The average Bonchev–Trinajstić information content (AvgIpc) is 3.14. The molecule has 2 heterocycles. The molecular formula is C25H31FN2. The molecule has 0 N–H and O–H groups in total. The highest BCUT2D eigenvalue weighted by Gasteiger charge is 2.21. The highest BCUT2D eigenvalue weighted by molar-refractivity contribution is 5.84. The van der Waals surface area contributed by atoms with E-state index in [0.717, 1.165) is 32.5 Å². The summed E-state index contributed by atoms with van der Waals surface area (Å²) < 4.78 is 15.6. The van der Waals surface area contributed by atoms with Gasteiger partial charge in [0.1, 0.15) is 5.82 Å². The molecule has 148 valence electrons. The molecule has 28 heavy (non-hydrogen) atoms. The molecule has 1 aliphatic rings. The number of anilines is 1. The molecule has 0 saturated carbocycles. The van der Waals surface area contributed by atoms with E-state index >= 15 is 0 Å². The first-order valence-corrected chi connectivity index (χ1v) is 10.8. The van der Waals surface area contributed by atoms with E-state index in [1.54, 1.807) is 12.1 Å². The molecule has 0 bridgehead atoms. The van der Waals surface area contributed by atoms with E-state index in [1.807, 2.05) is 12.1 Å². The number of aromatic nitrogens is 1. The SMILES string of the molecule is CCCCCCn1ccc2ccc(N3CCC(c4ccc(F)cc4)CC3)cc21. The van der Waals surface area contributed by atoms with Crippen molar-refractivity contribution >= 4 is 16.6 Å². The van der Waals surface area contributed by atoms with Gasteiger partial charge in [-0.1, -0.05) is 44.4 Å². The van der Waals surface area contributed by atoms with Gasteiger partial charge >= 0.3 is 0 Å². The van der Waals surface area contributed by atoms with Crippen molar-refractivity contribution in [1.82, 2.24) is 4.57 Å². The maximum Gasteiger partial charge on any atom is 0.123 e. The molecule has 0 unspecified atom stereocenters. The van der Waals surface area contributed by atoms with Gasteiger partial charge < -0.3 is 9.47 Å². The van der Waals surface area contributed by atoms with E-state index in [2.05, 4.69) is 46.9 Å². The van der Waals surface area contributed by atoms with Crippen LogP contribution < -0.4 is 4.90 Å². The van der Waals surface area contributed by atoms with Crippen LogP contribution >= 0.6 is 0 Å². The molecule has 0 spiro atoms.